The first-order valence-corrected chi connectivity index (χ1v) is 9.03. The molecule has 6 heteroatoms. The fourth-order valence-electron chi connectivity index (χ4n) is 2.28. The first-order valence-electron chi connectivity index (χ1n) is 7.38. The standard InChI is InChI=1S/C15H25N3O2S/c1-12(18(2)15-7-8-15)10-17-21(19,20)11-14-5-3-13(9-16)4-6-14/h3-6,12,15,17H,7-11,16H2,1-2H3. The number of sulfonamides is 1. The highest BCUT2D eigenvalue weighted by Gasteiger charge is 2.29. The molecule has 0 amide bonds. The van der Waals surface area contributed by atoms with Crippen LogP contribution in [0.3, 0.4) is 0 Å². The highest BCUT2D eigenvalue weighted by Crippen LogP contribution is 2.26. The van der Waals surface area contributed by atoms with Gasteiger partial charge in [-0.2, -0.15) is 0 Å². The SMILES string of the molecule is CC(CNS(=O)(=O)Cc1ccc(CN)cc1)N(C)C1CC1. The Kier molecular flexibility index (Phi) is 5.37. The molecule has 0 heterocycles. The predicted octanol–water partition coefficient (Wildman–Crippen LogP) is 1.05. The molecule has 1 atom stereocenters. The van der Waals surface area contributed by atoms with Crippen LogP contribution in [-0.2, 0) is 22.3 Å². The summed E-state index contributed by atoms with van der Waals surface area (Å²) in [6, 6.07) is 8.23. The molecule has 1 aromatic rings. The van der Waals surface area contributed by atoms with Crippen LogP contribution in [0.15, 0.2) is 24.3 Å². The van der Waals surface area contributed by atoms with E-state index >= 15 is 0 Å². The van der Waals surface area contributed by atoms with Gasteiger partial charge in [-0.15, -0.1) is 0 Å². The normalized spacial score (nSPS) is 17.1. The maximum absolute atomic E-state index is 12.1. The summed E-state index contributed by atoms with van der Waals surface area (Å²) < 4.78 is 26.9. The molecule has 0 aliphatic heterocycles. The fourth-order valence-corrected chi connectivity index (χ4v) is 3.50. The zero-order valence-corrected chi connectivity index (χ0v) is 13.6. The minimum atomic E-state index is -3.30. The molecule has 1 aliphatic carbocycles. The van der Waals surface area contributed by atoms with Gasteiger partial charge in [0.1, 0.15) is 0 Å². The third-order valence-electron chi connectivity index (χ3n) is 4.03. The summed E-state index contributed by atoms with van der Waals surface area (Å²) in [5.41, 5.74) is 7.31. The van der Waals surface area contributed by atoms with Crippen molar-refractivity contribution in [1.82, 2.24) is 9.62 Å². The van der Waals surface area contributed by atoms with Gasteiger partial charge in [-0.3, -0.25) is 4.90 Å². The van der Waals surface area contributed by atoms with Crippen LogP contribution in [0.4, 0.5) is 0 Å². The zero-order valence-electron chi connectivity index (χ0n) is 12.7. The van der Waals surface area contributed by atoms with Gasteiger partial charge in [-0.05, 0) is 37.9 Å². The van der Waals surface area contributed by atoms with Gasteiger partial charge in [-0.25, -0.2) is 13.1 Å². The van der Waals surface area contributed by atoms with Crippen molar-refractivity contribution < 1.29 is 8.42 Å². The monoisotopic (exact) mass is 311 g/mol. The predicted molar refractivity (Wildman–Crippen MR) is 85.2 cm³/mol. The molecule has 0 radical (unpaired) electrons. The molecule has 0 saturated heterocycles. The van der Waals surface area contributed by atoms with E-state index in [-0.39, 0.29) is 11.8 Å². The number of hydrogen-bond acceptors (Lipinski definition) is 4. The number of nitrogens with two attached hydrogens (primary N) is 1. The van der Waals surface area contributed by atoms with E-state index in [0.29, 0.717) is 19.1 Å². The largest absolute Gasteiger partial charge is 0.326 e. The van der Waals surface area contributed by atoms with Crippen molar-refractivity contribution in [3.8, 4) is 0 Å². The summed E-state index contributed by atoms with van der Waals surface area (Å²) in [7, 11) is -1.24. The van der Waals surface area contributed by atoms with E-state index in [1.54, 1.807) is 0 Å². The van der Waals surface area contributed by atoms with Gasteiger partial charge in [0.25, 0.3) is 0 Å². The minimum Gasteiger partial charge on any atom is -0.326 e. The van der Waals surface area contributed by atoms with Crippen LogP contribution in [0.2, 0.25) is 0 Å². The molecule has 3 N–H and O–H groups in total. The first kappa shape index (κ1) is 16.4. The Bertz CT molecular complexity index is 553. The smallest absolute Gasteiger partial charge is 0.215 e. The van der Waals surface area contributed by atoms with Crippen LogP contribution in [0, 0.1) is 0 Å². The second kappa shape index (κ2) is 6.87. The van der Waals surface area contributed by atoms with E-state index in [9.17, 15) is 8.42 Å². The summed E-state index contributed by atoms with van der Waals surface area (Å²) in [4.78, 5) is 2.25. The second-order valence-electron chi connectivity index (χ2n) is 5.87. The molecule has 0 aromatic heterocycles. The molecule has 5 nitrogen and oxygen atoms in total. The minimum absolute atomic E-state index is 0.0116. The summed E-state index contributed by atoms with van der Waals surface area (Å²) in [5.74, 6) is 0.0116. The average molecular weight is 311 g/mol. The van der Waals surface area contributed by atoms with Gasteiger partial charge in [-0.1, -0.05) is 24.3 Å². The lowest BCUT2D eigenvalue weighted by atomic mass is 10.1. The summed E-state index contributed by atoms with van der Waals surface area (Å²) >= 11 is 0. The molecule has 1 fully saturated rings. The van der Waals surface area contributed by atoms with E-state index in [4.69, 9.17) is 5.73 Å². The van der Waals surface area contributed by atoms with E-state index in [1.807, 2.05) is 24.3 Å². The van der Waals surface area contributed by atoms with Crippen LogP contribution in [0.25, 0.3) is 0 Å². The highest BCUT2D eigenvalue weighted by atomic mass is 32.2. The van der Waals surface area contributed by atoms with E-state index in [0.717, 1.165) is 11.1 Å². The Labute approximate surface area is 127 Å². The third-order valence-corrected chi connectivity index (χ3v) is 5.35. The van der Waals surface area contributed by atoms with Crippen molar-refractivity contribution in [3.05, 3.63) is 35.4 Å². The summed E-state index contributed by atoms with van der Waals surface area (Å²) in [6.45, 7) is 2.98. The molecule has 118 valence electrons. The molecule has 1 aliphatic rings. The lowest BCUT2D eigenvalue weighted by Crippen LogP contribution is -2.41. The fraction of sp³-hybridized carbons (Fsp3) is 0.600. The number of hydrogen-bond donors (Lipinski definition) is 2. The molecule has 1 saturated carbocycles. The van der Waals surface area contributed by atoms with Gasteiger partial charge in [0.15, 0.2) is 0 Å². The summed E-state index contributed by atoms with van der Waals surface area (Å²) in [5, 5.41) is 0. The van der Waals surface area contributed by atoms with Crippen molar-refractivity contribution in [2.75, 3.05) is 13.6 Å². The van der Waals surface area contributed by atoms with Gasteiger partial charge in [0.05, 0.1) is 5.75 Å². The van der Waals surface area contributed by atoms with Gasteiger partial charge in [0, 0.05) is 25.2 Å². The Hall–Kier alpha value is -0.950. The number of likely N-dealkylation sites (N-methyl/N-ethyl adjacent to an activating group) is 1. The van der Waals surface area contributed by atoms with E-state index in [1.165, 1.54) is 12.8 Å². The van der Waals surface area contributed by atoms with Crippen LogP contribution < -0.4 is 10.5 Å². The molecule has 0 spiro atoms. The Morgan fingerprint density at radius 2 is 1.86 bits per heavy atom. The van der Waals surface area contributed by atoms with E-state index in [2.05, 4.69) is 23.6 Å². The van der Waals surface area contributed by atoms with Crippen molar-refractivity contribution >= 4 is 10.0 Å². The van der Waals surface area contributed by atoms with Gasteiger partial charge >= 0.3 is 0 Å². The Morgan fingerprint density at radius 1 is 1.29 bits per heavy atom. The molecule has 21 heavy (non-hydrogen) atoms. The Morgan fingerprint density at radius 3 is 2.38 bits per heavy atom. The maximum Gasteiger partial charge on any atom is 0.215 e. The summed E-state index contributed by atoms with van der Waals surface area (Å²) in [6.07, 6.45) is 2.45. The third kappa shape index (κ3) is 5.07. The quantitative estimate of drug-likeness (QED) is 0.752. The Balaban J connectivity index is 1.85. The number of nitrogens with zero attached hydrogens (tertiary/aromatic N) is 1. The molecule has 1 unspecified atom stereocenters. The number of rotatable bonds is 8. The zero-order chi connectivity index (χ0) is 15.5. The first-order chi connectivity index (χ1) is 9.91. The van der Waals surface area contributed by atoms with Crippen molar-refractivity contribution in [2.24, 2.45) is 5.73 Å². The van der Waals surface area contributed by atoms with Crippen LogP contribution in [0.5, 0.6) is 0 Å². The van der Waals surface area contributed by atoms with E-state index < -0.39 is 10.0 Å². The second-order valence-corrected chi connectivity index (χ2v) is 7.68. The van der Waals surface area contributed by atoms with Gasteiger partial charge < -0.3 is 5.73 Å². The lowest BCUT2D eigenvalue weighted by molar-refractivity contribution is 0.248. The van der Waals surface area contributed by atoms with Crippen LogP contribution in [0.1, 0.15) is 30.9 Å². The number of benzene rings is 1. The van der Waals surface area contributed by atoms with Gasteiger partial charge in [0.2, 0.25) is 10.0 Å². The molecular weight excluding hydrogens is 286 g/mol. The highest BCUT2D eigenvalue weighted by molar-refractivity contribution is 7.88. The van der Waals surface area contributed by atoms with Crippen molar-refractivity contribution in [2.45, 2.75) is 44.1 Å². The lowest BCUT2D eigenvalue weighted by Gasteiger charge is -2.24. The molecule has 0 bridgehead atoms. The van der Waals surface area contributed by atoms with Crippen molar-refractivity contribution in [3.63, 3.8) is 0 Å². The van der Waals surface area contributed by atoms with Crippen molar-refractivity contribution in [1.29, 1.82) is 0 Å². The molecule has 2 rings (SSSR count). The number of nitrogens with one attached hydrogen (secondary N) is 1. The van der Waals surface area contributed by atoms with Crippen LogP contribution in [-0.4, -0.2) is 39.0 Å². The molecular formula is C15H25N3O2S. The topological polar surface area (TPSA) is 75.4 Å². The molecule has 1 aromatic carbocycles. The van der Waals surface area contributed by atoms with Crippen LogP contribution >= 0.6 is 0 Å². The maximum atomic E-state index is 12.1. The average Bonchev–Trinajstić information content (AvgIpc) is 3.29.